The molecule has 0 radical (unpaired) electrons. The van der Waals surface area contributed by atoms with E-state index < -0.39 is 22.8 Å². The van der Waals surface area contributed by atoms with Gasteiger partial charge >= 0.3 is 0 Å². The van der Waals surface area contributed by atoms with Gasteiger partial charge in [-0.3, -0.25) is 0 Å². The number of rotatable bonds is 5. The largest absolute Gasteiger partial charge is 0.0896 e. The first kappa shape index (κ1) is 20.2. The van der Waals surface area contributed by atoms with Crippen LogP contribution in [0.25, 0.3) is 0 Å². The molecule has 0 amide bonds. The van der Waals surface area contributed by atoms with E-state index in [-0.39, 0.29) is 21.8 Å². The van der Waals surface area contributed by atoms with E-state index in [2.05, 4.69) is 77.9 Å². The lowest BCUT2D eigenvalue weighted by molar-refractivity contribution is 0.971. The molecule has 122 valence electrons. The second-order valence-corrected chi connectivity index (χ2v) is 58.7. The van der Waals surface area contributed by atoms with E-state index in [4.69, 9.17) is 0 Å². The Morgan fingerprint density at radius 1 is 0.762 bits per heavy atom. The predicted molar refractivity (Wildman–Crippen MR) is 117 cm³/mol. The SMILES string of the molecule is CCC1=[Si]([Si](C)(C)C)[Si]([Si](C)(C)C)=[Si]([Si](C)(C)C)C1CC. The fourth-order valence-corrected chi connectivity index (χ4v) is 144. The second kappa shape index (κ2) is 6.58. The lowest BCUT2D eigenvalue weighted by Gasteiger charge is -2.33. The summed E-state index contributed by atoms with van der Waals surface area (Å²) >= 11 is 0. The van der Waals surface area contributed by atoms with Crippen molar-refractivity contribution in [1.29, 1.82) is 0 Å². The van der Waals surface area contributed by atoms with Gasteiger partial charge in [-0.15, -0.1) is 0 Å². The Morgan fingerprint density at radius 3 is 1.48 bits per heavy atom. The minimum Gasteiger partial charge on any atom is -0.0896 e. The van der Waals surface area contributed by atoms with Crippen LogP contribution in [0.4, 0.5) is 0 Å². The van der Waals surface area contributed by atoms with Crippen LogP contribution in [-0.2, 0) is 0 Å². The lowest BCUT2D eigenvalue weighted by Crippen LogP contribution is -2.59. The van der Waals surface area contributed by atoms with E-state index in [0.29, 0.717) is 0 Å². The first-order chi connectivity index (χ1) is 9.26. The highest BCUT2D eigenvalue weighted by Crippen LogP contribution is 2.31. The van der Waals surface area contributed by atoms with E-state index in [1.54, 1.807) is 0 Å². The molecule has 0 aliphatic carbocycles. The van der Waals surface area contributed by atoms with Crippen LogP contribution in [0.3, 0.4) is 0 Å². The molecule has 1 aliphatic rings. The Balaban J connectivity index is 3.79. The maximum absolute atomic E-state index is 2.75. The topological polar surface area (TPSA) is 0 Å². The van der Waals surface area contributed by atoms with Crippen molar-refractivity contribution in [3.8, 4) is 0 Å². The van der Waals surface area contributed by atoms with Gasteiger partial charge in [0.15, 0.2) is 0 Å². The minimum absolute atomic E-state index is 0.0108. The molecular formula is C15H38Si6. The minimum atomic E-state index is -0.967. The van der Waals surface area contributed by atoms with Crippen LogP contribution in [0.1, 0.15) is 26.7 Å². The summed E-state index contributed by atoms with van der Waals surface area (Å²) in [6.07, 6.45) is 2.92. The first-order valence-corrected chi connectivity index (χ1v) is 28.8. The fraction of sp³-hybridized carbons (Fsp3) is 0.933. The van der Waals surface area contributed by atoms with Gasteiger partial charge in [0, 0.05) is 7.44 Å². The third kappa shape index (κ3) is 4.18. The zero-order valence-electron chi connectivity index (χ0n) is 16.5. The Morgan fingerprint density at radius 2 is 1.24 bits per heavy atom. The van der Waals surface area contributed by atoms with Gasteiger partial charge in [0.05, 0.1) is 22.8 Å². The van der Waals surface area contributed by atoms with Crippen molar-refractivity contribution in [2.45, 2.75) is 91.2 Å². The van der Waals surface area contributed by atoms with Crippen molar-refractivity contribution in [3.05, 3.63) is 0 Å². The van der Waals surface area contributed by atoms with Crippen molar-refractivity contribution >= 4 is 49.7 Å². The maximum Gasteiger partial charge on any atom is 0.0548 e. The van der Waals surface area contributed by atoms with Gasteiger partial charge in [-0.2, -0.15) is 0 Å². The Labute approximate surface area is 140 Å². The Kier molecular flexibility index (Phi) is 6.34. The highest BCUT2D eigenvalue weighted by atomic mass is 29.9. The molecule has 0 aromatic heterocycles. The molecule has 0 bridgehead atoms. The molecule has 0 fully saturated rings. The van der Waals surface area contributed by atoms with E-state index in [0.717, 1.165) is 5.54 Å². The van der Waals surface area contributed by atoms with Gasteiger partial charge in [0.2, 0.25) is 0 Å². The summed E-state index contributed by atoms with van der Waals surface area (Å²) in [7, 11) is -3.03. The standard InChI is InChI=1S/C15H38Si6/c1-12-14-15(13-2)17(20(6,7)8)18(21(9,10)11)16(14)19(3,4)5/h14H,12-13H2,1-11H3. The third-order valence-electron chi connectivity index (χ3n) is 4.71. The van der Waals surface area contributed by atoms with Crippen LogP contribution in [-0.4, -0.2) is 49.7 Å². The Hall–Kier alpha value is 1.17. The van der Waals surface area contributed by atoms with Gasteiger partial charge in [-0.05, 0) is 26.3 Å². The molecule has 1 unspecified atom stereocenters. The summed E-state index contributed by atoms with van der Waals surface area (Å²) < 4.78 is 0. The van der Waals surface area contributed by atoms with Gasteiger partial charge in [0.25, 0.3) is 0 Å². The molecule has 0 aromatic carbocycles. The van der Waals surface area contributed by atoms with Crippen molar-refractivity contribution < 1.29 is 0 Å². The summed E-state index contributed by atoms with van der Waals surface area (Å²) in [5.74, 6) is 0. The average Bonchev–Trinajstić information content (AvgIpc) is 2.61. The molecule has 6 heteroatoms. The van der Waals surface area contributed by atoms with Crippen LogP contribution in [0.15, 0.2) is 0 Å². The molecular weight excluding hydrogens is 349 g/mol. The van der Waals surface area contributed by atoms with E-state index in [1.165, 1.54) is 12.8 Å². The van der Waals surface area contributed by atoms with Crippen LogP contribution in [0.2, 0.25) is 64.5 Å². The van der Waals surface area contributed by atoms with Crippen LogP contribution < -0.4 is 0 Å². The molecule has 0 spiro atoms. The van der Waals surface area contributed by atoms with Crippen molar-refractivity contribution in [1.82, 2.24) is 0 Å². The van der Waals surface area contributed by atoms with Crippen LogP contribution in [0.5, 0.6) is 0 Å². The van der Waals surface area contributed by atoms with E-state index >= 15 is 0 Å². The summed E-state index contributed by atoms with van der Waals surface area (Å²) in [5.41, 5.74) is 1.13. The van der Waals surface area contributed by atoms with Crippen molar-refractivity contribution in [2.24, 2.45) is 0 Å². The van der Waals surface area contributed by atoms with E-state index in [1.807, 2.05) is 0 Å². The normalized spacial score (nSPS) is 21.6. The zero-order chi connectivity index (χ0) is 16.8. The summed E-state index contributed by atoms with van der Waals surface area (Å²) in [6, 6.07) is 0. The Bertz CT molecular complexity index is 468. The second-order valence-electron chi connectivity index (χ2n) is 9.75. The predicted octanol–water partition coefficient (Wildman–Crippen LogP) is 4.84. The van der Waals surface area contributed by atoms with Gasteiger partial charge < -0.3 is 0 Å². The van der Waals surface area contributed by atoms with Crippen LogP contribution >= 0.6 is 0 Å². The molecule has 1 atom stereocenters. The fourth-order valence-electron chi connectivity index (χ4n) is 4.22. The van der Waals surface area contributed by atoms with Crippen LogP contribution in [0, 0.1) is 0 Å². The highest BCUT2D eigenvalue weighted by molar-refractivity contribution is 7.81. The van der Waals surface area contributed by atoms with Gasteiger partial charge in [-0.1, -0.05) is 84.4 Å². The zero-order valence-corrected chi connectivity index (χ0v) is 22.5. The lowest BCUT2D eigenvalue weighted by atomic mass is 10.2. The highest BCUT2D eigenvalue weighted by Gasteiger charge is 2.46. The molecule has 0 aromatic rings. The smallest absolute Gasteiger partial charge is 0.0548 e. The van der Waals surface area contributed by atoms with Gasteiger partial charge in [0.1, 0.15) is 0 Å². The summed E-state index contributed by atoms with van der Waals surface area (Å²) in [4.78, 5) is 0. The molecule has 0 saturated heterocycles. The molecule has 0 nitrogen and oxygen atoms in total. The summed E-state index contributed by atoms with van der Waals surface area (Å²) in [6.45, 7) is 29.6. The molecule has 0 N–H and O–H groups in total. The van der Waals surface area contributed by atoms with Gasteiger partial charge in [-0.25, -0.2) is 0 Å². The quantitative estimate of drug-likeness (QED) is 0.593. The average molecular weight is 387 g/mol. The molecule has 0 saturated carbocycles. The maximum atomic E-state index is 2.75. The van der Waals surface area contributed by atoms with Crippen molar-refractivity contribution in [2.75, 3.05) is 0 Å². The van der Waals surface area contributed by atoms with Crippen molar-refractivity contribution in [3.63, 3.8) is 0 Å². The monoisotopic (exact) mass is 386 g/mol. The van der Waals surface area contributed by atoms with E-state index in [9.17, 15) is 0 Å². The third-order valence-corrected chi connectivity index (χ3v) is 84.3. The molecule has 1 aliphatic heterocycles. The number of hydrogen-bond acceptors (Lipinski definition) is 0. The molecule has 1 heterocycles. The molecule has 1 rings (SSSR count). The summed E-state index contributed by atoms with van der Waals surface area (Å²) in [5, 5.41) is 2.19. The first-order valence-electron chi connectivity index (χ1n) is 8.75. The number of hydrogen-bond donors (Lipinski definition) is 0. The molecule has 21 heavy (non-hydrogen) atoms.